The number of methoxy groups -OCH3 is 1. The van der Waals surface area contributed by atoms with Crippen molar-refractivity contribution in [3.63, 3.8) is 0 Å². The predicted molar refractivity (Wildman–Crippen MR) is 79.2 cm³/mol. The molecule has 0 spiro atoms. The first-order valence-electron chi connectivity index (χ1n) is 6.20. The molecule has 0 saturated carbocycles. The summed E-state index contributed by atoms with van der Waals surface area (Å²) in [4.78, 5) is 15.8. The van der Waals surface area contributed by atoms with Crippen LogP contribution >= 0.6 is 11.3 Å². The van der Waals surface area contributed by atoms with Gasteiger partial charge in [0.15, 0.2) is 5.13 Å². The van der Waals surface area contributed by atoms with Gasteiger partial charge in [-0.05, 0) is 31.2 Å². The fraction of sp³-hybridized carbons (Fsp3) is 0.286. The predicted octanol–water partition coefficient (Wildman–Crippen LogP) is 2.79. The highest BCUT2D eigenvalue weighted by Crippen LogP contribution is 2.26. The molecule has 0 fully saturated rings. The average Bonchev–Trinajstić information content (AvgIpc) is 2.88. The van der Waals surface area contributed by atoms with Gasteiger partial charge in [-0.1, -0.05) is 0 Å². The monoisotopic (exact) mass is 292 g/mol. The van der Waals surface area contributed by atoms with Crippen molar-refractivity contribution in [1.29, 1.82) is 0 Å². The molecule has 1 N–H and O–H groups in total. The lowest BCUT2D eigenvalue weighted by atomic mass is 10.2. The standard InChI is InChI=1S/C14H16N2O3S/c1-3-19-11-6-4-10(5-7-11)12-9-20-14(15-12)16-13(17)8-18-2/h4-7,9H,3,8H2,1-2H3,(H,15,16,17). The highest BCUT2D eigenvalue weighted by molar-refractivity contribution is 7.14. The number of ether oxygens (including phenoxy) is 2. The lowest BCUT2D eigenvalue weighted by Crippen LogP contribution is -2.16. The Morgan fingerprint density at radius 1 is 1.35 bits per heavy atom. The molecule has 2 rings (SSSR count). The van der Waals surface area contributed by atoms with E-state index in [9.17, 15) is 4.79 Å². The molecule has 20 heavy (non-hydrogen) atoms. The molecule has 1 aromatic heterocycles. The second-order valence-corrected chi connectivity index (χ2v) is 4.83. The topological polar surface area (TPSA) is 60.5 Å². The van der Waals surface area contributed by atoms with E-state index in [1.165, 1.54) is 18.4 Å². The minimum Gasteiger partial charge on any atom is -0.494 e. The van der Waals surface area contributed by atoms with Crippen LogP contribution in [-0.2, 0) is 9.53 Å². The number of benzene rings is 1. The van der Waals surface area contributed by atoms with Crippen LogP contribution in [0.1, 0.15) is 6.92 Å². The van der Waals surface area contributed by atoms with E-state index in [0.717, 1.165) is 17.0 Å². The van der Waals surface area contributed by atoms with Crippen molar-refractivity contribution < 1.29 is 14.3 Å². The first kappa shape index (κ1) is 14.5. The third-order valence-corrected chi connectivity index (χ3v) is 3.24. The van der Waals surface area contributed by atoms with Gasteiger partial charge in [-0.15, -0.1) is 11.3 Å². The second-order valence-electron chi connectivity index (χ2n) is 3.98. The van der Waals surface area contributed by atoms with Crippen molar-refractivity contribution in [2.45, 2.75) is 6.92 Å². The number of amides is 1. The summed E-state index contributed by atoms with van der Waals surface area (Å²) in [5.74, 6) is 0.625. The van der Waals surface area contributed by atoms with Gasteiger partial charge >= 0.3 is 0 Å². The van der Waals surface area contributed by atoms with Gasteiger partial charge in [0.1, 0.15) is 12.4 Å². The van der Waals surface area contributed by atoms with Gasteiger partial charge in [0.2, 0.25) is 0 Å². The Hall–Kier alpha value is -1.92. The largest absolute Gasteiger partial charge is 0.494 e. The molecule has 106 valence electrons. The van der Waals surface area contributed by atoms with E-state index >= 15 is 0 Å². The number of carbonyl (C=O) groups is 1. The summed E-state index contributed by atoms with van der Waals surface area (Å²) in [5, 5.41) is 5.15. The number of aromatic nitrogens is 1. The first-order chi connectivity index (χ1) is 9.72. The zero-order chi connectivity index (χ0) is 14.4. The van der Waals surface area contributed by atoms with Gasteiger partial charge in [-0.3, -0.25) is 10.1 Å². The summed E-state index contributed by atoms with van der Waals surface area (Å²) in [7, 11) is 1.48. The summed E-state index contributed by atoms with van der Waals surface area (Å²) in [5.41, 5.74) is 1.81. The molecule has 1 aromatic carbocycles. The molecule has 0 saturated heterocycles. The number of nitrogens with zero attached hydrogens (tertiary/aromatic N) is 1. The number of hydrogen-bond acceptors (Lipinski definition) is 5. The molecule has 0 aliphatic rings. The Kier molecular flexibility index (Phi) is 5.09. The van der Waals surface area contributed by atoms with Gasteiger partial charge in [-0.2, -0.15) is 0 Å². The zero-order valence-electron chi connectivity index (χ0n) is 11.4. The van der Waals surface area contributed by atoms with Gasteiger partial charge < -0.3 is 9.47 Å². The molecule has 0 atom stereocenters. The summed E-state index contributed by atoms with van der Waals surface area (Å²) in [6, 6.07) is 7.70. The van der Waals surface area contributed by atoms with Gasteiger partial charge in [-0.25, -0.2) is 4.98 Å². The van der Waals surface area contributed by atoms with Crippen molar-refractivity contribution in [3.8, 4) is 17.0 Å². The average molecular weight is 292 g/mol. The quantitative estimate of drug-likeness (QED) is 0.889. The maximum absolute atomic E-state index is 11.4. The maximum Gasteiger partial charge on any atom is 0.252 e. The molecule has 1 amide bonds. The highest BCUT2D eigenvalue weighted by atomic mass is 32.1. The lowest BCUT2D eigenvalue weighted by Gasteiger charge is -2.03. The van der Waals surface area contributed by atoms with Crippen LogP contribution in [0.3, 0.4) is 0 Å². The maximum atomic E-state index is 11.4. The summed E-state index contributed by atoms with van der Waals surface area (Å²) < 4.78 is 10.1. The third kappa shape index (κ3) is 3.79. The molecule has 1 heterocycles. The van der Waals surface area contributed by atoms with Crippen molar-refractivity contribution in [2.75, 3.05) is 25.6 Å². The van der Waals surface area contributed by atoms with Crippen LogP contribution in [0.4, 0.5) is 5.13 Å². The van der Waals surface area contributed by atoms with Crippen LogP contribution < -0.4 is 10.1 Å². The SMILES string of the molecule is CCOc1ccc(-c2csc(NC(=O)COC)n2)cc1. The highest BCUT2D eigenvalue weighted by Gasteiger charge is 2.07. The van der Waals surface area contributed by atoms with Crippen LogP contribution in [0.25, 0.3) is 11.3 Å². The van der Waals surface area contributed by atoms with E-state index in [-0.39, 0.29) is 12.5 Å². The Balaban J connectivity index is 2.06. The van der Waals surface area contributed by atoms with E-state index in [4.69, 9.17) is 9.47 Å². The van der Waals surface area contributed by atoms with Crippen LogP contribution in [0, 0.1) is 0 Å². The lowest BCUT2D eigenvalue weighted by molar-refractivity contribution is -0.119. The smallest absolute Gasteiger partial charge is 0.252 e. The fourth-order valence-corrected chi connectivity index (χ4v) is 2.37. The normalized spacial score (nSPS) is 10.3. The van der Waals surface area contributed by atoms with Gasteiger partial charge in [0, 0.05) is 18.1 Å². The van der Waals surface area contributed by atoms with Crippen molar-refractivity contribution >= 4 is 22.4 Å². The fourth-order valence-electron chi connectivity index (χ4n) is 1.64. The van der Waals surface area contributed by atoms with Crippen LogP contribution in [0.5, 0.6) is 5.75 Å². The van der Waals surface area contributed by atoms with E-state index in [2.05, 4.69) is 10.3 Å². The number of anilines is 1. The Labute approximate surface area is 121 Å². The van der Waals surface area contributed by atoms with Crippen LogP contribution in [0.2, 0.25) is 0 Å². The molecule has 0 aliphatic carbocycles. The summed E-state index contributed by atoms with van der Waals surface area (Å²) in [6.45, 7) is 2.62. The number of nitrogens with one attached hydrogen (secondary N) is 1. The molecule has 0 aliphatic heterocycles. The Morgan fingerprint density at radius 2 is 2.10 bits per heavy atom. The van der Waals surface area contributed by atoms with Crippen LogP contribution in [0.15, 0.2) is 29.6 Å². The second kappa shape index (κ2) is 7.02. The minimum absolute atomic E-state index is 0.0258. The summed E-state index contributed by atoms with van der Waals surface area (Å²) >= 11 is 1.38. The summed E-state index contributed by atoms with van der Waals surface area (Å²) in [6.07, 6.45) is 0. The van der Waals surface area contributed by atoms with Crippen molar-refractivity contribution in [1.82, 2.24) is 4.98 Å². The molecule has 5 nitrogen and oxygen atoms in total. The molecule has 6 heteroatoms. The van der Waals surface area contributed by atoms with E-state index < -0.39 is 0 Å². The van der Waals surface area contributed by atoms with Gasteiger partial charge in [0.25, 0.3) is 5.91 Å². The van der Waals surface area contributed by atoms with Crippen LogP contribution in [-0.4, -0.2) is 31.2 Å². The zero-order valence-corrected chi connectivity index (χ0v) is 12.2. The van der Waals surface area contributed by atoms with Crippen molar-refractivity contribution in [3.05, 3.63) is 29.6 Å². The molecule has 2 aromatic rings. The van der Waals surface area contributed by atoms with E-state index in [1.54, 1.807) is 0 Å². The first-order valence-corrected chi connectivity index (χ1v) is 7.08. The van der Waals surface area contributed by atoms with Gasteiger partial charge in [0.05, 0.1) is 12.3 Å². The number of rotatable bonds is 6. The van der Waals surface area contributed by atoms with E-state index in [1.807, 2.05) is 36.6 Å². The Morgan fingerprint density at radius 3 is 2.75 bits per heavy atom. The molecule has 0 unspecified atom stereocenters. The molecule has 0 radical (unpaired) electrons. The number of carbonyl (C=O) groups excluding carboxylic acids is 1. The van der Waals surface area contributed by atoms with E-state index in [0.29, 0.717) is 11.7 Å². The minimum atomic E-state index is -0.208. The molecular formula is C14H16N2O3S. The molecule has 0 bridgehead atoms. The number of hydrogen-bond donors (Lipinski definition) is 1. The number of thiazole rings is 1. The third-order valence-electron chi connectivity index (χ3n) is 2.49. The molecular weight excluding hydrogens is 276 g/mol. The Bertz CT molecular complexity index is 566. The van der Waals surface area contributed by atoms with Crippen molar-refractivity contribution in [2.24, 2.45) is 0 Å².